The molecule has 0 aromatic carbocycles. The third kappa shape index (κ3) is 3.67. The number of aliphatic carboxylic acids is 2. The molecular weight excluding hydrogens is 342 g/mol. The van der Waals surface area contributed by atoms with Crippen LogP contribution in [0.4, 0.5) is 0 Å². The van der Waals surface area contributed by atoms with E-state index in [9.17, 15) is 29.4 Å². The molecule has 0 spiro atoms. The molecule has 6 N–H and O–H groups in total. The Bertz CT molecular complexity index is 620. The van der Waals surface area contributed by atoms with E-state index in [0.29, 0.717) is 6.42 Å². The number of amides is 2. The molecule has 0 unspecified atom stereocenters. The molecule has 2 aliphatic carbocycles. The predicted octanol–water partition coefficient (Wildman–Crippen LogP) is -0.455. The summed E-state index contributed by atoms with van der Waals surface area (Å²) in [6, 6.07) is -1.97. The van der Waals surface area contributed by atoms with E-state index in [1.807, 2.05) is 13.8 Å². The molecule has 0 aromatic heterocycles. The number of carboxylic acid groups (broad SMARTS) is 2. The van der Waals surface area contributed by atoms with E-state index in [1.165, 1.54) is 6.92 Å². The first-order valence-electron chi connectivity index (χ1n) is 8.85. The Balaban J connectivity index is 2.27. The van der Waals surface area contributed by atoms with Crippen molar-refractivity contribution in [3.05, 3.63) is 0 Å². The number of nitrogens with two attached hydrogens (primary N) is 1. The van der Waals surface area contributed by atoms with Crippen molar-refractivity contribution in [1.29, 1.82) is 0 Å². The number of nitrogens with one attached hydrogen (secondary N) is 2. The maximum atomic E-state index is 13.0. The molecule has 2 aliphatic rings. The first kappa shape index (κ1) is 20.2. The molecule has 2 fully saturated rings. The van der Waals surface area contributed by atoms with E-state index in [0.717, 1.165) is 0 Å². The fraction of sp³-hybridized carbons (Fsp3) is 0.765. The highest BCUT2D eigenvalue weighted by atomic mass is 16.4. The lowest BCUT2D eigenvalue weighted by Crippen LogP contribution is -2.64. The molecule has 0 saturated heterocycles. The quantitative estimate of drug-likeness (QED) is 0.387. The van der Waals surface area contributed by atoms with E-state index in [1.54, 1.807) is 0 Å². The zero-order chi connectivity index (χ0) is 19.8. The number of fused-ring (bicyclic) bond motifs is 1. The van der Waals surface area contributed by atoms with Crippen LogP contribution in [0.5, 0.6) is 0 Å². The minimum absolute atomic E-state index is 0.0371. The summed E-state index contributed by atoms with van der Waals surface area (Å²) in [5, 5.41) is 23.8. The minimum Gasteiger partial charge on any atom is -0.481 e. The van der Waals surface area contributed by atoms with Gasteiger partial charge in [-0.3, -0.25) is 14.4 Å². The fourth-order valence-corrected chi connectivity index (χ4v) is 4.08. The smallest absolute Gasteiger partial charge is 0.326 e. The van der Waals surface area contributed by atoms with E-state index in [-0.39, 0.29) is 24.7 Å². The zero-order valence-electron chi connectivity index (χ0n) is 15.2. The van der Waals surface area contributed by atoms with Gasteiger partial charge in [0.05, 0.1) is 12.0 Å². The van der Waals surface area contributed by atoms with Crippen molar-refractivity contribution in [2.75, 3.05) is 0 Å². The Morgan fingerprint density at radius 3 is 2.23 bits per heavy atom. The Morgan fingerprint density at radius 2 is 1.81 bits per heavy atom. The van der Waals surface area contributed by atoms with Crippen LogP contribution in [0, 0.1) is 23.7 Å². The number of rotatable bonds is 8. The van der Waals surface area contributed by atoms with Crippen molar-refractivity contribution in [3.63, 3.8) is 0 Å². The van der Waals surface area contributed by atoms with E-state index in [4.69, 9.17) is 5.73 Å². The van der Waals surface area contributed by atoms with Gasteiger partial charge in [-0.1, -0.05) is 13.8 Å². The molecule has 26 heavy (non-hydrogen) atoms. The maximum Gasteiger partial charge on any atom is 0.326 e. The van der Waals surface area contributed by atoms with Crippen molar-refractivity contribution in [2.24, 2.45) is 29.4 Å². The molecule has 0 bridgehead atoms. The molecule has 2 amide bonds. The van der Waals surface area contributed by atoms with Crippen LogP contribution in [0.15, 0.2) is 0 Å². The highest BCUT2D eigenvalue weighted by Gasteiger charge is 2.71. The SMILES string of the molecule is CC(C)C[C@H](NC(=O)[C@]1(NC(=O)[C@H](C)N)CC[C@H]2[C@H](C(=O)O)[C@H]21)C(=O)O. The highest BCUT2D eigenvalue weighted by Crippen LogP contribution is 2.62. The standard InChI is InChI=1S/C17H27N3O6/c1-7(2)6-10(14(22)23)19-16(26)17(20-13(21)8(3)18)5-4-9-11(12(9)17)15(24)25/h7-12H,4-6,18H2,1-3H3,(H,19,26)(H,20,21)(H,22,23)(H,24,25)/t8-,9-,10-,11-,12-,17-/m0/s1. The third-order valence-electron chi connectivity index (χ3n) is 5.37. The lowest BCUT2D eigenvalue weighted by molar-refractivity contribution is -0.145. The Kier molecular flexibility index (Phi) is 5.60. The van der Waals surface area contributed by atoms with Crippen LogP contribution in [-0.4, -0.2) is 51.6 Å². The van der Waals surface area contributed by atoms with Gasteiger partial charge in [-0.15, -0.1) is 0 Å². The summed E-state index contributed by atoms with van der Waals surface area (Å²) in [6.07, 6.45) is 0.982. The van der Waals surface area contributed by atoms with Gasteiger partial charge >= 0.3 is 11.9 Å². The van der Waals surface area contributed by atoms with Gasteiger partial charge in [0.1, 0.15) is 11.6 Å². The zero-order valence-corrected chi connectivity index (χ0v) is 15.2. The van der Waals surface area contributed by atoms with Crippen molar-refractivity contribution < 1.29 is 29.4 Å². The van der Waals surface area contributed by atoms with E-state index >= 15 is 0 Å². The molecule has 146 valence electrons. The lowest BCUT2D eigenvalue weighted by Gasteiger charge is -2.33. The van der Waals surface area contributed by atoms with Gasteiger partial charge in [0.25, 0.3) is 0 Å². The summed E-state index contributed by atoms with van der Waals surface area (Å²) in [6.45, 7) is 5.14. The van der Waals surface area contributed by atoms with Crippen molar-refractivity contribution in [2.45, 2.75) is 57.7 Å². The van der Waals surface area contributed by atoms with Crippen LogP contribution in [0.25, 0.3) is 0 Å². The first-order chi connectivity index (χ1) is 12.0. The first-order valence-corrected chi connectivity index (χ1v) is 8.85. The molecule has 2 saturated carbocycles. The fourth-order valence-electron chi connectivity index (χ4n) is 4.08. The summed E-state index contributed by atoms with van der Waals surface area (Å²) in [5.41, 5.74) is 4.16. The predicted molar refractivity (Wildman–Crippen MR) is 90.9 cm³/mol. The van der Waals surface area contributed by atoms with Gasteiger partial charge in [-0.2, -0.15) is 0 Å². The summed E-state index contributed by atoms with van der Waals surface area (Å²) >= 11 is 0. The number of hydrogen-bond donors (Lipinski definition) is 5. The summed E-state index contributed by atoms with van der Waals surface area (Å²) < 4.78 is 0. The second-order valence-corrected chi connectivity index (χ2v) is 7.84. The number of carboxylic acids is 2. The second kappa shape index (κ2) is 7.22. The minimum atomic E-state index is -1.43. The van der Waals surface area contributed by atoms with Gasteiger partial charge in [0.15, 0.2) is 0 Å². The molecule has 9 nitrogen and oxygen atoms in total. The number of hydrogen-bond acceptors (Lipinski definition) is 5. The van der Waals surface area contributed by atoms with Gasteiger partial charge < -0.3 is 26.6 Å². The van der Waals surface area contributed by atoms with Crippen molar-refractivity contribution in [3.8, 4) is 0 Å². The molecule has 0 aromatic rings. The average Bonchev–Trinajstić information content (AvgIpc) is 3.15. The van der Waals surface area contributed by atoms with Crippen LogP contribution < -0.4 is 16.4 Å². The normalized spacial score (nSPS) is 31.7. The van der Waals surface area contributed by atoms with Gasteiger partial charge in [-0.05, 0) is 38.0 Å². The lowest BCUT2D eigenvalue weighted by atomic mass is 9.88. The Hall–Kier alpha value is -2.16. The summed E-state index contributed by atoms with van der Waals surface area (Å²) in [4.78, 5) is 48.1. The number of carbonyl (C=O) groups excluding carboxylic acids is 2. The van der Waals surface area contributed by atoms with Crippen molar-refractivity contribution >= 4 is 23.8 Å². The Morgan fingerprint density at radius 1 is 1.19 bits per heavy atom. The molecule has 2 rings (SSSR count). The molecule has 0 aliphatic heterocycles. The molecule has 9 heteroatoms. The van der Waals surface area contributed by atoms with Crippen LogP contribution in [-0.2, 0) is 19.2 Å². The monoisotopic (exact) mass is 369 g/mol. The maximum absolute atomic E-state index is 13.0. The van der Waals surface area contributed by atoms with Crippen LogP contribution in [0.2, 0.25) is 0 Å². The Labute approximate surface area is 151 Å². The molecule has 0 heterocycles. The van der Waals surface area contributed by atoms with Crippen LogP contribution in [0.1, 0.15) is 40.0 Å². The topological polar surface area (TPSA) is 159 Å². The largest absolute Gasteiger partial charge is 0.481 e. The van der Waals surface area contributed by atoms with Gasteiger partial charge in [-0.25, -0.2) is 4.79 Å². The molecule has 0 radical (unpaired) electrons. The molecular formula is C17H27N3O6. The van der Waals surface area contributed by atoms with Gasteiger partial charge in [0, 0.05) is 5.92 Å². The van der Waals surface area contributed by atoms with E-state index in [2.05, 4.69) is 10.6 Å². The average molecular weight is 369 g/mol. The second-order valence-electron chi connectivity index (χ2n) is 7.84. The highest BCUT2D eigenvalue weighted by molar-refractivity contribution is 5.97. The summed E-state index contributed by atoms with van der Waals surface area (Å²) in [5.74, 6) is -4.80. The summed E-state index contributed by atoms with van der Waals surface area (Å²) in [7, 11) is 0. The molecule has 6 atom stereocenters. The van der Waals surface area contributed by atoms with Gasteiger partial charge in [0.2, 0.25) is 11.8 Å². The van der Waals surface area contributed by atoms with Crippen LogP contribution >= 0.6 is 0 Å². The third-order valence-corrected chi connectivity index (χ3v) is 5.37. The number of carbonyl (C=O) groups is 4. The van der Waals surface area contributed by atoms with Crippen molar-refractivity contribution in [1.82, 2.24) is 10.6 Å². The van der Waals surface area contributed by atoms with E-state index < -0.39 is 53.2 Å². The van der Waals surface area contributed by atoms with Crippen LogP contribution in [0.3, 0.4) is 0 Å².